The van der Waals surface area contributed by atoms with Crippen molar-refractivity contribution < 1.29 is 4.74 Å². The summed E-state index contributed by atoms with van der Waals surface area (Å²) in [5.74, 6) is 0. The van der Waals surface area contributed by atoms with E-state index in [0.717, 1.165) is 54.7 Å². The van der Waals surface area contributed by atoms with Crippen LogP contribution in [0, 0.1) is 6.92 Å². The number of morpholine rings is 1. The smallest absolute Gasteiger partial charge is 0.0642 e. The van der Waals surface area contributed by atoms with E-state index < -0.39 is 0 Å². The number of aromatic nitrogens is 1. The van der Waals surface area contributed by atoms with Crippen LogP contribution in [0.15, 0.2) is 77.8 Å². The Morgan fingerprint density at radius 3 is 2.44 bits per heavy atom. The van der Waals surface area contributed by atoms with Gasteiger partial charge in [-0.3, -0.25) is 4.99 Å². The number of para-hydroxylation sites is 1. The molecule has 162 valence electrons. The van der Waals surface area contributed by atoms with Crippen LogP contribution < -0.4 is 4.90 Å². The van der Waals surface area contributed by atoms with Gasteiger partial charge in [0.15, 0.2) is 0 Å². The van der Waals surface area contributed by atoms with Crippen molar-refractivity contribution in [3.8, 4) is 0 Å². The van der Waals surface area contributed by atoms with E-state index in [1.165, 1.54) is 22.3 Å². The van der Waals surface area contributed by atoms with Crippen molar-refractivity contribution >= 4 is 40.1 Å². The van der Waals surface area contributed by atoms with E-state index in [4.69, 9.17) is 21.3 Å². The molecule has 3 aromatic carbocycles. The quantitative estimate of drug-likeness (QED) is 0.342. The summed E-state index contributed by atoms with van der Waals surface area (Å²) in [4.78, 5) is 7.15. The molecule has 1 aliphatic heterocycles. The Morgan fingerprint density at radius 1 is 0.938 bits per heavy atom. The van der Waals surface area contributed by atoms with Crippen LogP contribution >= 0.6 is 11.6 Å². The van der Waals surface area contributed by atoms with Gasteiger partial charge in [0.1, 0.15) is 0 Å². The van der Waals surface area contributed by atoms with Gasteiger partial charge in [-0.2, -0.15) is 0 Å². The molecular formula is C27H26ClN3O. The van der Waals surface area contributed by atoms with Crippen molar-refractivity contribution in [2.24, 2.45) is 4.99 Å². The Hall–Kier alpha value is -3.08. The van der Waals surface area contributed by atoms with E-state index in [-0.39, 0.29) is 0 Å². The molecular weight excluding hydrogens is 418 g/mol. The molecule has 0 amide bonds. The lowest BCUT2D eigenvalue weighted by Gasteiger charge is -2.28. The number of fused-ring (bicyclic) bond motifs is 1. The van der Waals surface area contributed by atoms with E-state index >= 15 is 0 Å². The van der Waals surface area contributed by atoms with Crippen LogP contribution in [0.4, 0.5) is 11.4 Å². The molecule has 1 aromatic heterocycles. The van der Waals surface area contributed by atoms with Gasteiger partial charge in [-0.05, 0) is 48.9 Å². The van der Waals surface area contributed by atoms with Gasteiger partial charge >= 0.3 is 0 Å². The van der Waals surface area contributed by atoms with Gasteiger partial charge in [-0.15, -0.1) is 0 Å². The highest BCUT2D eigenvalue weighted by Crippen LogP contribution is 2.28. The third-order valence-electron chi connectivity index (χ3n) is 6.13. The molecule has 2 heterocycles. The van der Waals surface area contributed by atoms with Crippen molar-refractivity contribution in [1.29, 1.82) is 0 Å². The lowest BCUT2D eigenvalue weighted by molar-refractivity contribution is 0.122. The zero-order valence-corrected chi connectivity index (χ0v) is 18.9. The standard InChI is InChI=1S/C27H26ClN3O/c1-20-25(18-29-22-10-12-23(13-11-22)30-14-16-32-17-15-30)24-7-3-5-9-27(24)31(20)19-21-6-2-4-8-26(21)28/h2-13,18H,14-17,19H2,1H3. The zero-order chi connectivity index (χ0) is 21.9. The SMILES string of the molecule is Cc1c(C=Nc2ccc(N3CCOCC3)cc2)c2ccccc2n1Cc1ccccc1Cl. The molecule has 32 heavy (non-hydrogen) atoms. The average Bonchev–Trinajstić information content (AvgIpc) is 3.11. The molecule has 0 bridgehead atoms. The summed E-state index contributed by atoms with van der Waals surface area (Å²) in [5, 5.41) is 1.99. The first kappa shape index (κ1) is 20.8. The number of benzene rings is 3. The zero-order valence-electron chi connectivity index (χ0n) is 18.2. The second-order valence-corrected chi connectivity index (χ2v) is 8.48. The maximum absolute atomic E-state index is 6.44. The Balaban J connectivity index is 1.45. The average molecular weight is 444 g/mol. The van der Waals surface area contributed by atoms with Crippen molar-refractivity contribution in [2.45, 2.75) is 13.5 Å². The molecule has 0 spiro atoms. The fourth-order valence-electron chi connectivity index (χ4n) is 4.33. The van der Waals surface area contributed by atoms with E-state index in [9.17, 15) is 0 Å². The molecule has 1 saturated heterocycles. The summed E-state index contributed by atoms with van der Waals surface area (Å²) in [6.45, 7) is 6.34. The minimum absolute atomic E-state index is 0.730. The lowest BCUT2D eigenvalue weighted by atomic mass is 10.1. The van der Waals surface area contributed by atoms with Crippen molar-refractivity contribution in [2.75, 3.05) is 31.2 Å². The summed E-state index contributed by atoms with van der Waals surface area (Å²) < 4.78 is 7.77. The van der Waals surface area contributed by atoms with Crippen LogP contribution in [0.2, 0.25) is 5.02 Å². The minimum atomic E-state index is 0.730. The fraction of sp³-hybridized carbons (Fsp3) is 0.222. The fourth-order valence-corrected chi connectivity index (χ4v) is 4.53. The molecule has 0 radical (unpaired) electrons. The van der Waals surface area contributed by atoms with E-state index in [1.807, 2.05) is 24.4 Å². The number of nitrogens with zero attached hydrogens (tertiary/aromatic N) is 3. The van der Waals surface area contributed by atoms with Crippen molar-refractivity contribution in [1.82, 2.24) is 4.57 Å². The molecule has 0 aliphatic carbocycles. The molecule has 0 saturated carbocycles. The number of aliphatic imine (C=N–C) groups is 1. The molecule has 0 atom stereocenters. The molecule has 1 fully saturated rings. The Bertz CT molecular complexity index is 1250. The number of hydrogen-bond donors (Lipinski definition) is 0. The molecule has 0 N–H and O–H groups in total. The summed E-state index contributed by atoms with van der Waals surface area (Å²) in [6.07, 6.45) is 1.99. The first-order valence-electron chi connectivity index (χ1n) is 11.0. The molecule has 5 rings (SSSR count). The van der Waals surface area contributed by atoms with Crippen LogP contribution in [0.25, 0.3) is 10.9 Å². The lowest BCUT2D eigenvalue weighted by Crippen LogP contribution is -2.36. The number of halogens is 1. The molecule has 4 aromatic rings. The summed E-state index contributed by atoms with van der Waals surface area (Å²) in [5.41, 5.74) is 6.79. The maximum atomic E-state index is 6.44. The van der Waals surface area contributed by atoms with Crippen LogP contribution in [-0.4, -0.2) is 37.1 Å². The van der Waals surface area contributed by atoms with Gasteiger partial charge in [-0.1, -0.05) is 48.0 Å². The monoisotopic (exact) mass is 443 g/mol. The van der Waals surface area contributed by atoms with Crippen LogP contribution in [0.5, 0.6) is 0 Å². The van der Waals surface area contributed by atoms with Gasteiger partial charge in [0, 0.05) is 58.7 Å². The Labute approximate surface area is 193 Å². The summed E-state index contributed by atoms with van der Waals surface area (Å²) in [6, 6.07) is 25.0. The number of ether oxygens (including phenoxy) is 1. The van der Waals surface area contributed by atoms with E-state index in [2.05, 4.69) is 71.0 Å². The van der Waals surface area contributed by atoms with Crippen LogP contribution in [0.3, 0.4) is 0 Å². The first-order chi connectivity index (χ1) is 15.7. The van der Waals surface area contributed by atoms with Gasteiger partial charge in [0.25, 0.3) is 0 Å². The first-order valence-corrected chi connectivity index (χ1v) is 11.4. The second kappa shape index (κ2) is 9.19. The Morgan fingerprint density at radius 2 is 1.66 bits per heavy atom. The molecule has 0 unspecified atom stereocenters. The molecule has 4 nitrogen and oxygen atoms in total. The topological polar surface area (TPSA) is 29.8 Å². The van der Waals surface area contributed by atoms with Crippen LogP contribution in [0.1, 0.15) is 16.8 Å². The van der Waals surface area contributed by atoms with E-state index in [1.54, 1.807) is 0 Å². The number of rotatable bonds is 5. The highest BCUT2D eigenvalue weighted by molar-refractivity contribution is 6.31. The van der Waals surface area contributed by atoms with Gasteiger partial charge < -0.3 is 14.2 Å². The number of hydrogen-bond acceptors (Lipinski definition) is 3. The van der Waals surface area contributed by atoms with Crippen LogP contribution in [-0.2, 0) is 11.3 Å². The van der Waals surface area contributed by atoms with Crippen molar-refractivity contribution in [3.05, 3.63) is 94.6 Å². The highest BCUT2D eigenvalue weighted by Gasteiger charge is 2.14. The Kier molecular flexibility index (Phi) is 5.97. The predicted octanol–water partition coefficient (Wildman–Crippen LogP) is 6.24. The largest absolute Gasteiger partial charge is 0.378 e. The molecule has 1 aliphatic rings. The van der Waals surface area contributed by atoms with Crippen molar-refractivity contribution in [3.63, 3.8) is 0 Å². The minimum Gasteiger partial charge on any atom is -0.378 e. The second-order valence-electron chi connectivity index (χ2n) is 8.07. The van der Waals surface area contributed by atoms with E-state index in [0.29, 0.717) is 0 Å². The van der Waals surface area contributed by atoms with Gasteiger partial charge in [-0.25, -0.2) is 0 Å². The molecule has 5 heteroatoms. The normalized spacial score (nSPS) is 14.5. The van der Waals surface area contributed by atoms with Gasteiger partial charge in [0.05, 0.1) is 18.9 Å². The van der Waals surface area contributed by atoms with Gasteiger partial charge in [0.2, 0.25) is 0 Å². The third kappa shape index (κ3) is 4.16. The highest BCUT2D eigenvalue weighted by atomic mass is 35.5. The maximum Gasteiger partial charge on any atom is 0.0642 e. The summed E-state index contributed by atoms with van der Waals surface area (Å²) >= 11 is 6.44. The predicted molar refractivity (Wildman–Crippen MR) is 134 cm³/mol. The number of anilines is 1. The summed E-state index contributed by atoms with van der Waals surface area (Å²) in [7, 11) is 0. The third-order valence-corrected chi connectivity index (χ3v) is 6.50.